The maximum atomic E-state index is 4.94. The van der Waals surface area contributed by atoms with Gasteiger partial charge in [-0.15, -0.1) is 0 Å². The van der Waals surface area contributed by atoms with Crippen molar-refractivity contribution in [3.05, 3.63) is 0 Å². The minimum absolute atomic E-state index is 0. The Kier molecular flexibility index (Phi) is 29.6. The Balaban J connectivity index is -0.0000000720. The number of hydrogen-bond donors (Lipinski definition) is 0. The predicted molar refractivity (Wildman–Crippen MR) is 52.4 cm³/mol. The summed E-state index contributed by atoms with van der Waals surface area (Å²) in [4.78, 5) is 0. The van der Waals surface area contributed by atoms with Crippen LogP contribution in [0.5, 0.6) is 0 Å². The van der Waals surface area contributed by atoms with Crippen LogP contribution in [-0.2, 0) is 0 Å². The molecule has 0 atom stereocenters. The molecule has 9 heteroatoms. The minimum Gasteiger partial charge on any atom is -0.214 e. The molecule has 49 valence electrons. The Labute approximate surface area is 110 Å². The fraction of sp³-hybridized carbons (Fsp3) is 0. The Hall–Kier alpha value is 3.80. The molecule has 1 radical (unpaired) electrons. The second-order valence-corrected chi connectivity index (χ2v) is 13.4. The van der Waals surface area contributed by atoms with Gasteiger partial charge in [0.05, 0.1) is 0 Å². The van der Waals surface area contributed by atoms with Crippen molar-refractivity contribution in [3.63, 3.8) is 0 Å². The number of halogens is 6. The van der Waals surface area contributed by atoms with Gasteiger partial charge in [-0.2, -0.15) is 0 Å². The van der Waals surface area contributed by atoms with E-state index in [1.54, 1.807) is 0 Å². The number of hydrogen-bond acceptors (Lipinski definition) is 0. The molecular weight excluding hydrogens is 290 g/mol. The van der Waals surface area contributed by atoms with Gasteiger partial charge >= 0.3 is 22.8 Å². The zero-order valence-electron chi connectivity index (χ0n) is 4.42. The minimum atomic E-state index is -1.72. The Bertz CT molecular complexity index is 26.5. The standard InChI is InChI=1S/2Al.6ClH.Na/h;;6*1H;/q2*+3;;;;;;;/p-6. The van der Waals surface area contributed by atoms with Gasteiger partial charge in [0.15, 0.2) is 0 Å². The van der Waals surface area contributed by atoms with Crippen LogP contribution >= 0.6 is 60.3 Å². The van der Waals surface area contributed by atoms with Gasteiger partial charge in [0, 0.05) is 29.6 Å². The summed E-state index contributed by atoms with van der Waals surface area (Å²) in [5.74, 6) is 0. The van der Waals surface area contributed by atoms with Gasteiger partial charge in [0.2, 0.25) is 0 Å². The molecular formula is Al2Cl6Na. The van der Waals surface area contributed by atoms with Crippen molar-refractivity contribution in [3.8, 4) is 0 Å². The van der Waals surface area contributed by atoms with Crippen LogP contribution in [-0.4, -0.2) is 52.3 Å². The van der Waals surface area contributed by atoms with Crippen LogP contribution in [0.2, 0.25) is 0 Å². The van der Waals surface area contributed by atoms with E-state index in [1.807, 2.05) is 0 Å². The van der Waals surface area contributed by atoms with Gasteiger partial charge in [0.25, 0.3) is 0 Å². The molecule has 0 amide bonds. The quantitative estimate of drug-likeness (QED) is 0.602. The zero-order chi connectivity index (χ0) is 7.15. The molecule has 0 aliphatic rings. The molecule has 0 aromatic carbocycles. The van der Waals surface area contributed by atoms with Gasteiger partial charge in [0.1, 0.15) is 0 Å². The van der Waals surface area contributed by atoms with Crippen LogP contribution < -0.4 is 0 Å². The summed E-state index contributed by atoms with van der Waals surface area (Å²) < 4.78 is 0. The van der Waals surface area contributed by atoms with Crippen molar-refractivity contribution >= 4 is 113 Å². The maximum absolute atomic E-state index is 4.94. The molecule has 0 aliphatic carbocycles. The molecule has 0 rings (SSSR count). The third-order valence-corrected chi connectivity index (χ3v) is 0. The summed E-state index contributed by atoms with van der Waals surface area (Å²) in [5, 5.41) is 0. The molecule has 0 aromatic heterocycles. The summed E-state index contributed by atoms with van der Waals surface area (Å²) >= 11 is -3.44. The van der Waals surface area contributed by atoms with Gasteiger partial charge in [-0.3, -0.25) is 0 Å². The van der Waals surface area contributed by atoms with E-state index in [0.717, 1.165) is 0 Å². The fourth-order valence-electron chi connectivity index (χ4n) is 0. The molecule has 0 aliphatic heterocycles. The second kappa shape index (κ2) is 14.3. The van der Waals surface area contributed by atoms with Crippen molar-refractivity contribution in [2.45, 2.75) is 0 Å². The molecule has 0 bridgehead atoms. The van der Waals surface area contributed by atoms with Crippen molar-refractivity contribution in [2.75, 3.05) is 0 Å². The molecule has 0 heterocycles. The Morgan fingerprint density at radius 3 is 0.556 bits per heavy atom. The van der Waals surface area contributed by atoms with E-state index in [4.69, 9.17) is 60.3 Å². The molecule has 0 unspecified atom stereocenters. The van der Waals surface area contributed by atoms with E-state index < -0.39 is 22.8 Å². The first-order valence-electron chi connectivity index (χ1n) is 1.31. The van der Waals surface area contributed by atoms with Crippen LogP contribution in [0, 0.1) is 0 Å². The Morgan fingerprint density at radius 1 is 0.556 bits per heavy atom. The average molecular weight is 290 g/mol. The second-order valence-electron chi connectivity index (χ2n) is 0.495. The monoisotopic (exact) mass is 287 g/mol. The van der Waals surface area contributed by atoms with Gasteiger partial charge in [-0.05, 0) is 0 Å². The topological polar surface area (TPSA) is 0 Å². The smallest absolute Gasteiger partial charge is 0.214 e. The van der Waals surface area contributed by atoms with Gasteiger partial charge < -0.3 is 0 Å². The van der Waals surface area contributed by atoms with Crippen molar-refractivity contribution < 1.29 is 0 Å². The predicted octanol–water partition coefficient (Wildman–Crippen LogP) is 2.99. The molecule has 0 nitrogen and oxygen atoms in total. The summed E-state index contributed by atoms with van der Waals surface area (Å²) in [7, 11) is 29.7. The first kappa shape index (κ1) is 18.6. The third kappa shape index (κ3) is 78.4. The van der Waals surface area contributed by atoms with Crippen LogP contribution in [0.3, 0.4) is 0 Å². The largest absolute Gasteiger partial charge is 0.643 e. The third-order valence-electron chi connectivity index (χ3n) is 0. The molecule has 0 N–H and O–H groups in total. The van der Waals surface area contributed by atoms with Crippen LogP contribution in [0.1, 0.15) is 0 Å². The van der Waals surface area contributed by atoms with E-state index in [-0.39, 0.29) is 29.6 Å². The molecule has 0 fully saturated rings. The van der Waals surface area contributed by atoms with Crippen LogP contribution in [0.4, 0.5) is 0 Å². The molecule has 0 aromatic rings. The number of rotatable bonds is 0. The molecule has 0 saturated carbocycles. The van der Waals surface area contributed by atoms with Gasteiger partial charge in [-0.25, -0.2) is 60.3 Å². The molecule has 9 heavy (non-hydrogen) atoms. The summed E-state index contributed by atoms with van der Waals surface area (Å²) in [6, 6.07) is 0. The fourth-order valence-corrected chi connectivity index (χ4v) is 0. The summed E-state index contributed by atoms with van der Waals surface area (Å²) in [6.45, 7) is 0. The van der Waals surface area contributed by atoms with Gasteiger partial charge in [-0.1, -0.05) is 0 Å². The molecule has 0 saturated heterocycles. The van der Waals surface area contributed by atoms with E-state index in [1.165, 1.54) is 0 Å². The van der Waals surface area contributed by atoms with E-state index in [0.29, 0.717) is 0 Å². The van der Waals surface area contributed by atoms with E-state index in [2.05, 4.69) is 0 Å². The zero-order valence-corrected chi connectivity index (χ0v) is 13.3. The Morgan fingerprint density at radius 2 is 0.556 bits per heavy atom. The molecule has 0 spiro atoms. The van der Waals surface area contributed by atoms with Crippen LogP contribution in [0.25, 0.3) is 0 Å². The first-order valence-corrected chi connectivity index (χ1v) is 11.8. The van der Waals surface area contributed by atoms with Crippen molar-refractivity contribution in [1.29, 1.82) is 0 Å². The van der Waals surface area contributed by atoms with E-state index >= 15 is 0 Å². The summed E-state index contributed by atoms with van der Waals surface area (Å²) in [6.07, 6.45) is 0. The van der Waals surface area contributed by atoms with Crippen molar-refractivity contribution in [2.24, 2.45) is 0 Å². The average Bonchev–Trinajstić information content (AvgIpc) is 1.25. The normalized spacial score (nSPS) is 6.00. The maximum Gasteiger partial charge on any atom is 0.643 e. The van der Waals surface area contributed by atoms with Crippen LogP contribution in [0.15, 0.2) is 0 Å². The van der Waals surface area contributed by atoms with E-state index in [9.17, 15) is 0 Å². The summed E-state index contributed by atoms with van der Waals surface area (Å²) in [5.41, 5.74) is 0. The van der Waals surface area contributed by atoms with Crippen molar-refractivity contribution in [1.82, 2.24) is 0 Å². The SMILES string of the molecule is [Cl][Al]([Cl])[Cl].[Cl][Al]([Cl])[Cl].[Na]. The first-order chi connectivity index (χ1) is 3.46.